The van der Waals surface area contributed by atoms with Crippen molar-refractivity contribution in [3.63, 3.8) is 0 Å². The van der Waals surface area contributed by atoms with Crippen LogP contribution in [0.4, 0.5) is 20.2 Å². The third kappa shape index (κ3) is 4.21. The van der Waals surface area contributed by atoms with Gasteiger partial charge in [0.2, 0.25) is 5.91 Å². The van der Waals surface area contributed by atoms with E-state index < -0.39 is 21.7 Å². The van der Waals surface area contributed by atoms with Gasteiger partial charge < -0.3 is 5.32 Å². The highest BCUT2D eigenvalue weighted by atomic mass is 32.2. The Labute approximate surface area is 144 Å². The van der Waals surface area contributed by atoms with Crippen LogP contribution in [0.25, 0.3) is 0 Å². The summed E-state index contributed by atoms with van der Waals surface area (Å²) in [5, 5.41) is 2.52. The lowest BCUT2D eigenvalue weighted by Gasteiger charge is -2.23. The highest BCUT2D eigenvalue weighted by Crippen LogP contribution is 2.27. The Balaban J connectivity index is 2.45. The monoisotopic (exact) mass is 366 g/mol. The number of amides is 1. The number of benzene rings is 2. The first-order valence-electron chi connectivity index (χ1n) is 7.22. The summed E-state index contributed by atoms with van der Waals surface area (Å²) in [4.78, 5) is 10.9. The summed E-state index contributed by atoms with van der Waals surface area (Å²) in [6.07, 6.45) is 1.30. The molecular weight excluding hydrogens is 350 g/mol. The van der Waals surface area contributed by atoms with Crippen molar-refractivity contribution in [1.82, 2.24) is 0 Å². The first-order chi connectivity index (χ1) is 11.8. The van der Waals surface area contributed by atoms with Crippen molar-refractivity contribution < 1.29 is 22.0 Å². The molecule has 2 aromatic carbocycles. The Morgan fingerprint density at radius 2 is 1.84 bits per heavy atom. The maximum Gasteiger partial charge on any atom is 0.264 e. The molecule has 0 radical (unpaired) electrons. The average molecular weight is 366 g/mol. The van der Waals surface area contributed by atoms with Crippen molar-refractivity contribution in [1.29, 1.82) is 0 Å². The number of halogens is 2. The van der Waals surface area contributed by atoms with E-state index in [0.29, 0.717) is 11.8 Å². The molecule has 0 fully saturated rings. The molecule has 0 spiro atoms. The molecular formula is C17H16F2N2O3S. The molecule has 0 aliphatic heterocycles. The molecule has 25 heavy (non-hydrogen) atoms. The molecule has 2 rings (SSSR count). The second kappa shape index (κ2) is 7.43. The summed E-state index contributed by atoms with van der Waals surface area (Å²) in [5.74, 6) is -2.10. The van der Waals surface area contributed by atoms with Crippen LogP contribution >= 0.6 is 0 Å². The van der Waals surface area contributed by atoms with Gasteiger partial charge in [0.1, 0.15) is 11.6 Å². The third-order valence-electron chi connectivity index (χ3n) is 3.24. The minimum Gasteiger partial charge on any atom is -0.326 e. The van der Waals surface area contributed by atoms with E-state index >= 15 is 0 Å². The summed E-state index contributed by atoms with van der Waals surface area (Å²) in [6, 6.07) is 8.06. The SMILES string of the molecule is C=CCN(c1ccc(F)cc1F)S(=O)(=O)c1ccc(NC(C)=O)cc1. The van der Waals surface area contributed by atoms with Gasteiger partial charge in [-0.05, 0) is 36.4 Å². The number of carbonyl (C=O) groups excluding carboxylic acids is 1. The number of anilines is 2. The highest BCUT2D eigenvalue weighted by molar-refractivity contribution is 7.92. The summed E-state index contributed by atoms with van der Waals surface area (Å²) in [5.41, 5.74) is 0.141. The van der Waals surface area contributed by atoms with Crippen molar-refractivity contribution in [3.05, 3.63) is 66.8 Å². The van der Waals surface area contributed by atoms with E-state index in [1.54, 1.807) is 0 Å². The molecule has 2 aromatic rings. The predicted molar refractivity (Wildman–Crippen MR) is 91.8 cm³/mol. The molecule has 1 N–H and O–H groups in total. The second-order valence-electron chi connectivity index (χ2n) is 5.13. The van der Waals surface area contributed by atoms with Gasteiger partial charge in [-0.2, -0.15) is 0 Å². The minimum atomic E-state index is -4.11. The van der Waals surface area contributed by atoms with E-state index in [4.69, 9.17) is 0 Å². The van der Waals surface area contributed by atoms with Crippen molar-refractivity contribution in [2.75, 3.05) is 16.2 Å². The molecule has 0 saturated heterocycles. The van der Waals surface area contributed by atoms with Crippen LogP contribution in [-0.4, -0.2) is 20.9 Å². The van der Waals surface area contributed by atoms with E-state index in [9.17, 15) is 22.0 Å². The van der Waals surface area contributed by atoms with E-state index in [2.05, 4.69) is 11.9 Å². The third-order valence-corrected chi connectivity index (χ3v) is 5.03. The fourth-order valence-corrected chi connectivity index (χ4v) is 3.61. The van der Waals surface area contributed by atoms with Crippen LogP contribution in [0.2, 0.25) is 0 Å². The predicted octanol–water partition coefficient (Wildman–Crippen LogP) is 3.30. The number of hydrogen-bond acceptors (Lipinski definition) is 3. The average Bonchev–Trinajstić information content (AvgIpc) is 2.53. The Kier molecular flexibility index (Phi) is 5.53. The van der Waals surface area contributed by atoms with Crippen LogP contribution in [0.1, 0.15) is 6.92 Å². The number of sulfonamides is 1. The largest absolute Gasteiger partial charge is 0.326 e. The number of hydrogen-bond donors (Lipinski definition) is 1. The normalized spacial score (nSPS) is 11.0. The molecule has 0 aliphatic carbocycles. The van der Waals surface area contributed by atoms with Crippen LogP contribution in [0.3, 0.4) is 0 Å². The standard InChI is InChI=1S/C17H16F2N2O3S/c1-3-10-21(17-9-4-13(18)11-16(17)19)25(23,24)15-7-5-14(6-8-15)20-12(2)22/h3-9,11H,1,10H2,2H3,(H,20,22). The smallest absolute Gasteiger partial charge is 0.264 e. The van der Waals surface area contributed by atoms with E-state index in [1.165, 1.54) is 37.3 Å². The molecule has 1 amide bonds. The van der Waals surface area contributed by atoms with E-state index in [-0.39, 0.29) is 23.0 Å². The van der Waals surface area contributed by atoms with Crippen LogP contribution < -0.4 is 9.62 Å². The Morgan fingerprint density at radius 3 is 2.36 bits per heavy atom. The van der Waals surface area contributed by atoms with Crippen LogP contribution in [0.5, 0.6) is 0 Å². The second-order valence-corrected chi connectivity index (χ2v) is 6.99. The summed E-state index contributed by atoms with van der Waals surface area (Å²) in [7, 11) is -4.11. The van der Waals surface area contributed by atoms with Crippen molar-refractivity contribution in [2.24, 2.45) is 0 Å². The van der Waals surface area contributed by atoms with Crippen LogP contribution in [0.15, 0.2) is 60.0 Å². The highest BCUT2D eigenvalue weighted by Gasteiger charge is 2.26. The van der Waals surface area contributed by atoms with Gasteiger partial charge in [0.15, 0.2) is 0 Å². The lowest BCUT2D eigenvalue weighted by molar-refractivity contribution is -0.114. The van der Waals surface area contributed by atoms with Gasteiger partial charge in [-0.25, -0.2) is 17.2 Å². The van der Waals surface area contributed by atoms with Gasteiger partial charge in [-0.3, -0.25) is 9.10 Å². The molecule has 0 bridgehead atoms. The molecule has 132 valence electrons. The zero-order chi connectivity index (χ0) is 18.6. The fraction of sp³-hybridized carbons (Fsp3) is 0.118. The lowest BCUT2D eigenvalue weighted by Crippen LogP contribution is -2.32. The van der Waals surface area contributed by atoms with Crippen molar-refractivity contribution in [3.8, 4) is 0 Å². The zero-order valence-corrected chi connectivity index (χ0v) is 14.2. The minimum absolute atomic E-state index is 0.104. The first kappa shape index (κ1) is 18.6. The molecule has 0 heterocycles. The first-order valence-corrected chi connectivity index (χ1v) is 8.66. The zero-order valence-electron chi connectivity index (χ0n) is 13.4. The van der Waals surface area contributed by atoms with Gasteiger partial charge in [0.05, 0.1) is 17.1 Å². The number of rotatable bonds is 6. The van der Waals surface area contributed by atoms with Gasteiger partial charge in [0, 0.05) is 18.7 Å². The molecule has 8 heteroatoms. The van der Waals surface area contributed by atoms with Crippen molar-refractivity contribution in [2.45, 2.75) is 11.8 Å². The molecule has 5 nitrogen and oxygen atoms in total. The summed E-state index contributed by atoms with van der Waals surface area (Å²) in [6.45, 7) is 4.61. The topological polar surface area (TPSA) is 66.5 Å². The van der Waals surface area contributed by atoms with Crippen LogP contribution in [0, 0.1) is 11.6 Å². The van der Waals surface area contributed by atoms with Gasteiger partial charge >= 0.3 is 0 Å². The Morgan fingerprint density at radius 1 is 1.20 bits per heavy atom. The summed E-state index contributed by atoms with van der Waals surface area (Å²) >= 11 is 0. The molecule has 0 aliphatic rings. The van der Waals surface area contributed by atoms with Crippen molar-refractivity contribution >= 4 is 27.3 Å². The summed E-state index contributed by atoms with van der Waals surface area (Å²) < 4.78 is 53.6. The lowest BCUT2D eigenvalue weighted by atomic mass is 10.3. The maximum absolute atomic E-state index is 14.0. The molecule has 0 saturated carbocycles. The molecule has 0 unspecified atom stereocenters. The molecule has 0 aromatic heterocycles. The molecule has 0 atom stereocenters. The van der Waals surface area contributed by atoms with E-state index in [0.717, 1.165) is 16.4 Å². The van der Waals surface area contributed by atoms with E-state index in [1.807, 2.05) is 0 Å². The van der Waals surface area contributed by atoms with Crippen LogP contribution in [-0.2, 0) is 14.8 Å². The number of nitrogens with one attached hydrogen (secondary N) is 1. The quantitative estimate of drug-likeness (QED) is 0.798. The Bertz CT molecular complexity index is 897. The fourth-order valence-electron chi connectivity index (χ4n) is 2.17. The number of nitrogens with zero attached hydrogens (tertiary/aromatic N) is 1. The maximum atomic E-state index is 14.0. The van der Waals surface area contributed by atoms with Gasteiger partial charge in [0.25, 0.3) is 10.0 Å². The number of carbonyl (C=O) groups is 1. The van der Waals surface area contributed by atoms with Gasteiger partial charge in [-0.1, -0.05) is 6.08 Å². The Hall–Kier alpha value is -2.74. The van der Waals surface area contributed by atoms with Gasteiger partial charge in [-0.15, -0.1) is 6.58 Å².